The zero-order chi connectivity index (χ0) is 19.6. The molecule has 0 amide bonds. The van der Waals surface area contributed by atoms with Crippen molar-refractivity contribution in [2.45, 2.75) is 98.2 Å². The molecule has 3 heteroatoms. The number of hydrogen-bond donors (Lipinski definition) is 1. The van der Waals surface area contributed by atoms with Crippen molar-refractivity contribution < 1.29 is 14.6 Å². The SMILES string of the molecule is CC(=O)O[C@H]1CC[C@@]2(C)C(C1)C[C@H](O)C1C2CC[C@@]2(C)C1CC[C@@H]2C(C)C. The first-order valence-corrected chi connectivity index (χ1v) is 11.5. The summed E-state index contributed by atoms with van der Waals surface area (Å²) in [6, 6.07) is 0. The molecule has 154 valence electrons. The fourth-order valence-corrected chi connectivity index (χ4v) is 8.66. The molecule has 0 bridgehead atoms. The van der Waals surface area contributed by atoms with Crippen molar-refractivity contribution in [3.63, 3.8) is 0 Å². The van der Waals surface area contributed by atoms with Crippen LogP contribution in [-0.4, -0.2) is 23.3 Å². The molecular weight excluding hydrogens is 336 g/mol. The van der Waals surface area contributed by atoms with Crippen LogP contribution in [0.25, 0.3) is 0 Å². The number of carbonyl (C=O) groups excluding carboxylic acids is 1. The van der Waals surface area contributed by atoms with Crippen LogP contribution in [0.2, 0.25) is 0 Å². The zero-order valence-corrected chi connectivity index (χ0v) is 18.0. The lowest BCUT2D eigenvalue weighted by molar-refractivity contribution is -0.181. The molecule has 4 aliphatic carbocycles. The van der Waals surface area contributed by atoms with E-state index in [1.54, 1.807) is 0 Å². The average Bonchev–Trinajstić information content (AvgIpc) is 2.93. The predicted octanol–water partition coefficient (Wildman–Crippen LogP) is 5.20. The van der Waals surface area contributed by atoms with E-state index in [1.165, 1.54) is 32.6 Å². The number of aliphatic hydroxyl groups is 1. The van der Waals surface area contributed by atoms with Gasteiger partial charge in [0, 0.05) is 6.92 Å². The number of fused-ring (bicyclic) bond motifs is 5. The molecule has 27 heavy (non-hydrogen) atoms. The van der Waals surface area contributed by atoms with Crippen LogP contribution in [0.3, 0.4) is 0 Å². The smallest absolute Gasteiger partial charge is 0.302 e. The first-order chi connectivity index (χ1) is 12.7. The fourth-order valence-electron chi connectivity index (χ4n) is 8.66. The van der Waals surface area contributed by atoms with Crippen molar-refractivity contribution in [1.29, 1.82) is 0 Å². The summed E-state index contributed by atoms with van der Waals surface area (Å²) in [5, 5.41) is 11.3. The van der Waals surface area contributed by atoms with Crippen LogP contribution in [0.4, 0.5) is 0 Å². The predicted molar refractivity (Wildman–Crippen MR) is 107 cm³/mol. The summed E-state index contributed by atoms with van der Waals surface area (Å²) in [5.74, 6) is 3.74. The number of hydrogen-bond acceptors (Lipinski definition) is 3. The van der Waals surface area contributed by atoms with Crippen LogP contribution >= 0.6 is 0 Å². The zero-order valence-electron chi connectivity index (χ0n) is 18.0. The minimum Gasteiger partial charge on any atom is -0.463 e. The van der Waals surface area contributed by atoms with Crippen molar-refractivity contribution >= 4 is 5.97 Å². The van der Waals surface area contributed by atoms with E-state index in [0.717, 1.165) is 37.5 Å². The Bertz CT molecular complexity index is 586. The van der Waals surface area contributed by atoms with E-state index in [9.17, 15) is 9.90 Å². The number of aliphatic hydroxyl groups excluding tert-OH is 1. The van der Waals surface area contributed by atoms with Gasteiger partial charge < -0.3 is 9.84 Å². The number of ether oxygens (including phenoxy) is 1. The lowest BCUT2D eigenvalue weighted by Crippen LogP contribution is -2.58. The van der Waals surface area contributed by atoms with Crippen LogP contribution in [0.15, 0.2) is 0 Å². The molecule has 4 fully saturated rings. The Balaban J connectivity index is 1.58. The van der Waals surface area contributed by atoms with Crippen LogP contribution < -0.4 is 0 Å². The third-order valence-corrected chi connectivity index (χ3v) is 9.85. The van der Waals surface area contributed by atoms with Gasteiger partial charge in [-0.05, 0) is 97.7 Å². The van der Waals surface area contributed by atoms with E-state index in [0.29, 0.717) is 34.5 Å². The molecule has 1 N–H and O–H groups in total. The Kier molecular flexibility index (Phi) is 4.93. The van der Waals surface area contributed by atoms with Gasteiger partial charge in [0.2, 0.25) is 0 Å². The number of rotatable bonds is 2. The maximum absolute atomic E-state index is 11.4. The molecule has 4 rings (SSSR count). The molecule has 4 saturated carbocycles. The minimum absolute atomic E-state index is 0.0648. The molecule has 4 aliphatic rings. The molecule has 3 nitrogen and oxygen atoms in total. The molecule has 0 spiro atoms. The topological polar surface area (TPSA) is 46.5 Å². The van der Waals surface area contributed by atoms with Gasteiger partial charge in [-0.15, -0.1) is 0 Å². The van der Waals surface area contributed by atoms with E-state index in [4.69, 9.17) is 4.74 Å². The first kappa shape index (κ1) is 19.7. The maximum atomic E-state index is 11.4. The Morgan fingerprint density at radius 2 is 1.67 bits per heavy atom. The number of esters is 1. The highest BCUT2D eigenvalue weighted by molar-refractivity contribution is 5.66. The quantitative estimate of drug-likeness (QED) is 0.674. The van der Waals surface area contributed by atoms with Gasteiger partial charge in [-0.25, -0.2) is 0 Å². The largest absolute Gasteiger partial charge is 0.463 e. The molecular formula is C24H40O3. The van der Waals surface area contributed by atoms with Crippen LogP contribution in [0.1, 0.15) is 86.0 Å². The van der Waals surface area contributed by atoms with Crippen molar-refractivity contribution in [3.8, 4) is 0 Å². The molecule has 0 heterocycles. The van der Waals surface area contributed by atoms with Gasteiger partial charge in [0.15, 0.2) is 0 Å². The maximum Gasteiger partial charge on any atom is 0.302 e. The Hall–Kier alpha value is -0.570. The monoisotopic (exact) mass is 376 g/mol. The second kappa shape index (κ2) is 6.75. The summed E-state index contributed by atoms with van der Waals surface area (Å²) in [5.41, 5.74) is 0.742. The third-order valence-electron chi connectivity index (χ3n) is 9.85. The van der Waals surface area contributed by atoms with Gasteiger partial charge in [0.1, 0.15) is 6.10 Å². The van der Waals surface area contributed by atoms with Gasteiger partial charge in [-0.2, -0.15) is 0 Å². The van der Waals surface area contributed by atoms with Gasteiger partial charge in [0.05, 0.1) is 6.10 Å². The normalized spacial score (nSPS) is 52.0. The minimum atomic E-state index is -0.167. The van der Waals surface area contributed by atoms with Crippen LogP contribution in [-0.2, 0) is 9.53 Å². The molecule has 0 aromatic rings. The summed E-state index contributed by atoms with van der Waals surface area (Å²) < 4.78 is 5.56. The molecule has 9 atom stereocenters. The highest BCUT2D eigenvalue weighted by atomic mass is 16.5. The Morgan fingerprint density at radius 1 is 1.00 bits per heavy atom. The Labute approximate surface area is 165 Å². The lowest BCUT2D eigenvalue weighted by Gasteiger charge is -2.62. The molecule has 0 aromatic carbocycles. The molecule has 0 saturated heterocycles. The van der Waals surface area contributed by atoms with Gasteiger partial charge in [0.25, 0.3) is 0 Å². The van der Waals surface area contributed by atoms with E-state index >= 15 is 0 Å². The molecule has 0 aliphatic heterocycles. The average molecular weight is 377 g/mol. The molecule has 0 aromatic heterocycles. The van der Waals surface area contributed by atoms with E-state index in [-0.39, 0.29) is 18.2 Å². The molecule has 4 unspecified atom stereocenters. The summed E-state index contributed by atoms with van der Waals surface area (Å²) in [7, 11) is 0. The lowest BCUT2D eigenvalue weighted by atomic mass is 9.43. The standard InChI is InChI=1S/C24H40O3/c1-14(2)18-6-7-19-22-20(9-11-24(18,19)5)23(4)10-8-17(27-15(3)25)12-16(23)13-21(22)26/h14,16-22,26H,6-13H2,1-5H3/t16?,17-,18+,19?,20?,21-,22?,23-,24+/m0/s1. The van der Waals surface area contributed by atoms with Crippen molar-refractivity contribution in [1.82, 2.24) is 0 Å². The second-order valence-corrected chi connectivity index (χ2v) is 11.3. The van der Waals surface area contributed by atoms with Crippen molar-refractivity contribution in [3.05, 3.63) is 0 Å². The van der Waals surface area contributed by atoms with E-state index < -0.39 is 0 Å². The first-order valence-electron chi connectivity index (χ1n) is 11.5. The van der Waals surface area contributed by atoms with Gasteiger partial charge >= 0.3 is 5.97 Å². The summed E-state index contributed by atoms with van der Waals surface area (Å²) in [6.07, 6.45) is 9.20. The number of carbonyl (C=O) groups is 1. The highest BCUT2D eigenvalue weighted by Gasteiger charge is 2.62. The summed E-state index contributed by atoms with van der Waals surface area (Å²) in [6.45, 7) is 11.4. The third kappa shape index (κ3) is 2.98. The van der Waals surface area contributed by atoms with E-state index in [2.05, 4.69) is 27.7 Å². The van der Waals surface area contributed by atoms with E-state index in [1.807, 2.05) is 0 Å². The Morgan fingerprint density at radius 3 is 2.33 bits per heavy atom. The van der Waals surface area contributed by atoms with Crippen LogP contribution in [0.5, 0.6) is 0 Å². The van der Waals surface area contributed by atoms with Gasteiger partial charge in [-0.3, -0.25) is 4.79 Å². The summed E-state index contributed by atoms with van der Waals surface area (Å²) in [4.78, 5) is 11.4. The summed E-state index contributed by atoms with van der Waals surface area (Å²) >= 11 is 0. The van der Waals surface area contributed by atoms with Gasteiger partial charge in [-0.1, -0.05) is 27.7 Å². The molecule has 0 radical (unpaired) electrons. The highest BCUT2D eigenvalue weighted by Crippen LogP contribution is 2.68. The van der Waals surface area contributed by atoms with Crippen LogP contribution in [0, 0.1) is 46.3 Å². The second-order valence-electron chi connectivity index (χ2n) is 11.3. The van der Waals surface area contributed by atoms with Crippen molar-refractivity contribution in [2.75, 3.05) is 0 Å². The fraction of sp³-hybridized carbons (Fsp3) is 0.958. The van der Waals surface area contributed by atoms with Crippen molar-refractivity contribution in [2.24, 2.45) is 46.3 Å².